The van der Waals surface area contributed by atoms with Gasteiger partial charge < -0.3 is 9.30 Å². The average Bonchev–Trinajstić information content (AvgIpc) is 2.94. The maximum absolute atomic E-state index is 11.9. The molecular weight excluding hydrogens is 254 g/mol. The predicted octanol–water partition coefficient (Wildman–Crippen LogP) is 2.28. The zero-order chi connectivity index (χ0) is 14.4. The Kier molecular flexibility index (Phi) is 4.55. The van der Waals surface area contributed by atoms with Crippen molar-refractivity contribution < 1.29 is 9.53 Å². The number of hydrazone groups is 1. The Morgan fingerprint density at radius 2 is 2.10 bits per heavy atom. The van der Waals surface area contributed by atoms with Crippen LogP contribution in [0.5, 0.6) is 5.75 Å². The number of amides is 1. The second kappa shape index (κ2) is 6.56. The van der Waals surface area contributed by atoms with Crippen molar-refractivity contribution in [2.24, 2.45) is 5.10 Å². The first-order chi connectivity index (χ1) is 9.74. The molecule has 0 unspecified atom stereocenters. The largest absolute Gasteiger partial charge is 0.497 e. The number of rotatable bonds is 5. The summed E-state index contributed by atoms with van der Waals surface area (Å²) < 4.78 is 7.07. The van der Waals surface area contributed by atoms with Crippen LogP contribution in [-0.4, -0.2) is 23.8 Å². The molecule has 20 heavy (non-hydrogen) atoms. The fraction of sp³-hybridized carbons (Fsp3) is 0.200. The highest BCUT2D eigenvalue weighted by Crippen LogP contribution is 2.10. The van der Waals surface area contributed by atoms with Gasteiger partial charge >= 0.3 is 0 Å². The Balaban J connectivity index is 1.97. The molecular formula is C15H17N3O2. The number of aromatic nitrogens is 1. The molecule has 1 aromatic heterocycles. The van der Waals surface area contributed by atoms with Crippen LogP contribution in [-0.2, 0) is 6.54 Å². The van der Waals surface area contributed by atoms with Crippen molar-refractivity contribution in [1.82, 2.24) is 9.99 Å². The molecule has 0 aliphatic heterocycles. The molecule has 2 rings (SSSR count). The van der Waals surface area contributed by atoms with Crippen molar-refractivity contribution in [3.63, 3.8) is 0 Å². The van der Waals surface area contributed by atoms with E-state index in [0.717, 1.165) is 12.2 Å². The van der Waals surface area contributed by atoms with E-state index in [1.54, 1.807) is 37.6 Å². The quantitative estimate of drug-likeness (QED) is 0.670. The molecule has 5 heteroatoms. The van der Waals surface area contributed by atoms with Gasteiger partial charge in [0.1, 0.15) is 5.75 Å². The van der Waals surface area contributed by atoms with Crippen LogP contribution in [0.15, 0.2) is 47.7 Å². The van der Waals surface area contributed by atoms with Gasteiger partial charge in [-0.25, -0.2) is 5.43 Å². The summed E-state index contributed by atoms with van der Waals surface area (Å²) in [6, 6.07) is 10.7. The number of nitrogens with zero attached hydrogens (tertiary/aromatic N) is 2. The Bertz CT molecular complexity index is 600. The van der Waals surface area contributed by atoms with Crippen molar-refractivity contribution in [3.8, 4) is 5.75 Å². The van der Waals surface area contributed by atoms with E-state index in [1.165, 1.54) is 0 Å². The van der Waals surface area contributed by atoms with Gasteiger partial charge in [0, 0.05) is 18.3 Å². The van der Waals surface area contributed by atoms with Gasteiger partial charge in [-0.2, -0.15) is 5.10 Å². The van der Waals surface area contributed by atoms with E-state index in [2.05, 4.69) is 10.5 Å². The third-order valence-corrected chi connectivity index (χ3v) is 2.92. The zero-order valence-electron chi connectivity index (χ0n) is 11.5. The summed E-state index contributed by atoms with van der Waals surface area (Å²) >= 11 is 0. The summed E-state index contributed by atoms with van der Waals surface area (Å²) in [4.78, 5) is 11.9. The molecule has 0 aliphatic carbocycles. The molecule has 1 N–H and O–H groups in total. The van der Waals surface area contributed by atoms with Gasteiger partial charge in [0.05, 0.1) is 19.0 Å². The SMILES string of the molecule is CCn1cccc1/C=N\NC(=O)c1ccc(OC)cc1. The molecule has 0 saturated carbocycles. The van der Waals surface area contributed by atoms with Crippen LogP contribution in [0, 0.1) is 0 Å². The fourth-order valence-corrected chi connectivity index (χ4v) is 1.80. The highest BCUT2D eigenvalue weighted by Gasteiger charge is 2.03. The van der Waals surface area contributed by atoms with Crippen LogP contribution in [0.25, 0.3) is 0 Å². The lowest BCUT2D eigenvalue weighted by Gasteiger charge is -2.03. The minimum Gasteiger partial charge on any atom is -0.497 e. The van der Waals surface area contributed by atoms with Crippen molar-refractivity contribution in [3.05, 3.63) is 53.9 Å². The van der Waals surface area contributed by atoms with Gasteiger partial charge in [-0.15, -0.1) is 0 Å². The van der Waals surface area contributed by atoms with Crippen LogP contribution in [0.1, 0.15) is 23.0 Å². The summed E-state index contributed by atoms with van der Waals surface area (Å²) in [6.45, 7) is 2.91. The van der Waals surface area contributed by atoms with Gasteiger partial charge in [-0.05, 0) is 43.3 Å². The maximum Gasteiger partial charge on any atom is 0.271 e. The smallest absolute Gasteiger partial charge is 0.271 e. The normalized spacial score (nSPS) is 10.7. The molecule has 5 nitrogen and oxygen atoms in total. The second-order valence-electron chi connectivity index (χ2n) is 4.15. The van der Waals surface area contributed by atoms with Crippen LogP contribution in [0.3, 0.4) is 0 Å². The molecule has 1 aromatic carbocycles. The summed E-state index contributed by atoms with van der Waals surface area (Å²) in [5.74, 6) is 0.462. The number of ether oxygens (including phenoxy) is 1. The number of methoxy groups -OCH3 is 1. The van der Waals surface area contributed by atoms with E-state index in [1.807, 2.05) is 29.8 Å². The van der Waals surface area contributed by atoms with E-state index in [-0.39, 0.29) is 5.91 Å². The van der Waals surface area contributed by atoms with Crippen LogP contribution >= 0.6 is 0 Å². The summed E-state index contributed by atoms with van der Waals surface area (Å²) in [6.07, 6.45) is 3.59. The number of benzene rings is 1. The molecule has 0 fully saturated rings. The Labute approximate surface area is 117 Å². The standard InChI is InChI=1S/C15H17N3O2/c1-3-18-10-4-5-13(18)11-16-17-15(19)12-6-8-14(20-2)9-7-12/h4-11H,3H2,1-2H3,(H,17,19)/b16-11-. The number of aryl methyl sites for hydroxylation is 1. The predicted molar refractivity (Wildman–Crippen MR) is 78.2 cm³/mol. The van der Waals surface area contributed by atoms with E-state index < -0.39 is 0 Å². The third kappa shape index (κ3) is 3.26. The molecule has 2 aromatic rings. The number of carbonyl (C=O) groups is 1. The minimum atomic E-state index is -0.251. The van der Waals surface area contributed by atoms with Gasteiger partial charge in [0.25, 0.3) is 5.91 Å². The van der Waals surface area contributed by atoms with Gasteiger partial charge in [0.15, 0.2) is 0 Å². The monoisotopic (exact) mass is 271 g/mol. The molecule has 0 saturated heterocycles. The Hall–Kier alpha value is -2.56. The molecule has 1 amide bonds. The van der Waals surface area contributed by atoms with Crippen LogP contribution in [0.2, 0.25) is 0 Å². The minimum absolute atomic E-state index is 0.251. The first kappa shape index (κ1) is 13.9. The summed E-state index contributed by atoms with van der Waals surface area (Å²) in [5.41, 5.74) is 3.99. The molecule has 0 atom stereocenters. The van der Waals surface area contributed by atoms with Gasteiger partial charge in [0.2, 0.25) is 0 Å². The lowest BCUT2D eigenvalue weighted by Crippen LogP contribution is -2.17. The van der Waals surface area contributed by atoms with Gasteiger partial charge in [-0.3, -0.25) is 4.79 Å². The lowest BCUT2D eigenvalue weighted by molar-refractivity contribution is 0.0955. The molecule has 0 bridgehead atoms. The van der Waals surface area contributed by atoms with Crippen molar-refractivity contribution >= 4 is 12.1 Å². The number of nitrogens with one attached hydrogen (secondary N) is 1. The fourth-order valence-electron chi connectivity index (χ4n) is 1.80. The first-order valence-electron chi connectivity index (χ1n) is 6.37. The topological polar surface area (TPSA) is 55.6 Å². The zero-order valence-corrected chi connectivity index (χ0v) is 11.5. The van der Waals surface area contributed by atoms with E-state index in [9.17, 15) is 4.79 Å². The molecule has 1 heterocycles. The van der Waals surface area contributed by atoms with E-state index >= 15 is 0 Å². The maximum atomic E-state index is 11.9. The van der Waals surface area contributed by atoms with Crippen LogP contribution in [0.4, 0.5) is 0 Å². The highest BCUT2D eigenvalue weighted by atomic mass is 16.5. The third-order valence-electron chi connectivity index (χ3n) is 2.92. The molecule has 0 aliphatic rings. The van der Waals surface area contributed by atoms with Crippen molar-refractivity contribution in [2.45, 2.75) is 13.5 Å². The molecule has 0 radical (unpaired) electrons. The molecule has 0 spiro atoms. The van der Waals surface area contributed by atoms with E-state index in [0.29, 0.717) is 11.3 Å². The van der Waals surface area contributed by atoms with Crippen molar-refractivity contribution in [1.29, 1.82) is 0 Å². The lowest BCUT2D eigenvalue weighted by atomic mass is 10.2. The second-order valence-corrected chi connectivity index (χ2v) is 4.15. The van der Waals surface area contributed by atoms with Crippen LogP contribution < -0.4 is 10.2 Å². The highest BCUT2D eigenvalue weighted by molar-refractivity contribution is 5.94. The Morgan fingerprint density at radius 3 is 2.75 bits per heavy atom. The van der Waals surface area contributed by atoms with E-state index in [4.69, 9.17) is 4.74 Å². The Morgan fingerprint density at radius 1 is 1.35 bits per heavy atom. The molecule has 104 valence electrons. The summed E-state index contributed by atoms with van der Waals surface area (Å²) in [7, 11) is 1.59. The number of carbonyl (C=O) groups excluding carboxylic acids is 1. The number of hydrogen-bond donors (Lipinski definition) is 1. The average molecular weight is 271 g/mol. The van der Waals surface area contributed by atoms with Gasteiger partial charge in [-0.1, -0.05) is 0 Å². The van der Waals surface area contributed by atoms with Crippen molar-refractivity contribution in [2.75, 3.05) is 7.11 Å². The summed E-state index contributed by atoms with van der Waals surface area (Å²) in [5, 5.41) is 3.96. The number of hydrogen-bond acceptors (Lipinski definition) is 3. The first-order valence-corrected chi connectivity index (χ1v) is 6.37.